The minimum atomic E-state index is -0.564. The molecule has 1 amide bonds. The number of hydrogen-bond acceptors (Lipinski definition) is 5. The Morgan fingerprint density at radius 1 is 1.44 bits per heavy atom. The topological polar surface area (TPSA) is 90.8 Å². The Labute approximate surface area is 160 Å². The van der Waals surface area contributed by atoms with E-state index in [2.05, 4.69) is 11.8 Å². The SMILES string of the molecule is COc1cc(CN2CCC(C)CC2CN)cc(Cl)c1OCC(N)=O.Cl. The molecule has 0 aliphatic carbocycles. The number of likely N-dealkylation sites (tertiary alicyclic amines) is 1. The van der Waals surface area contributed by atoms with Gasteiger partial charge in [-0.2, -0.15) is 0 Å². The first kappa shape index (κ1) is 21.8. The molecule has 0 bridgehead atoms. The van der Waals surface area contributed by atoms with E-state index in [1.165, 1.54) is 13.5 Å². The lowest BCUT2D eigenvalue weighted by Crippen LogP contribution is -2.45. The van der Waals surface area contributed by atoms with Crippen molar-refractivity contribution in [3.63, 3.8) is 0 Å². The fraction of sp³-hybridized carbons (Fsp3) is 0.588. The standard InChI is InChI=1S/C17H26ClN3O3.ClH/c1-11-3-4-21(13(5-11)8-19)9-12-6-14(18)17(15(7-12)23-2)24-10-16(20)22;/h6-7,11,13H,3-5,8-10,19H2,1-2H3,(H2,20,22);1H. The smallest absolute Gasteiger partial charge is 0.255 e. The molecule has 8 heteroatoms. The summed E-state index contributed by atoms with van der Waals surface area (Å²) in [5, 5.41) is 0.403. The molecule has 1 heterocycles. The number of halogens is 2. The van der Waals surface area contributed by atoms with E-state index < -0.39 is 5.91 Å². The van der Waals surface area contributed by atoms with E-state index in [0.29, 0.717) is 35.0 Å². The predicted molar refractivity (Wildman–Crippen MR) is 102 cm³/mol. The van der Waals surface area contributed by atoms with Crippen molar-refractivity contribution in [2.24, 2.45) is 17.4 Å². The minimum Gasteiger partial charge on any atom is -0.493 e. The van der Waals surface area contributed by atoms with Crippen LogP contribution in [0.2, 0.25) is 5.02 Å². The van der Waals surface area contributed by atoms with Gasteiger partial charge < -0.3 is 20.9 Å². The van der Waals surface area contributed by atoms with Crippen molar-refractivity contribution < 1.29 is 14.3 Å². The molecule has 2 atom stereocenters. The van der Waals surface area contributed by atoms with Crippen LogP contribution in [0.25, 0.3) is 0 Å². The number of carbonyl (C=O) groups excluding carboxylic acids is 1. The number of rotatable bonds is 7. The van der Waals surface area contributed by atoms with Crippen molar-refractivity contribution in [2.45, 2.75) is 32.4 Å². The molecular formula is C17H27Cl2N3O3. The fourth-order valence-corrected chi connectivity index (χ4v) is 3.42. The molecule has 2 unspecified atom stereocenters. The summed E-state index contributed by atoms with van der Waals surface area (Å²) in [5.74, 6) is 0.973. The summed E-state index contributed by atoms with van der Waals surface area (Å²) < 4.78 is 10.7. The van der Waals surface area contributed by atoms with Crippen LogP contribution in [0.3, 0.4) is 0 Å². The number of ether oxygens (including phenoxy) is 2. The maximum Gasteiger partial charge on any atom is 0.255 e. The first-order chi connectivity index (χ1) is 11.4. The number of nitrogens with two attached hydrogens (primary N) is 2. The van der Waals surface area contributed by atoms with Gasteiger partial charge in [0, 0.05) is 19.1 Å². The highest BCUT2D eigenvalue weighted by molar-refractivity contribution is 6.32. The number of amides is 1. The van der Waals surface area contributed by atoms with E-state index in [-0.39, 0.29) is 19.0 Å². The van der Waals surface area contributed by atoms with Crippen LogP contribution >= 0.6 is 24.0 Å². The number of hydrogen-bond donors (Lipinski definition) is 2. The summed E-state index contributed by atoms with van der Waals surface area (Å²) >= 11 is 6.31. The van der Waals surface area contributed by atoms with E-state index in [0.717, 1.165) is 25.1 Å². The van der Waals surface area contributed by atoms with Crippen molar-refractivity contribution in [1.82, 2.24) is 4.90 Å². The Bertz CT molecular complexity index is 587. The Kier molecular flexibility index (Phi) is 8.79. The van der Waals surface area contributed by atoms with Gasteiger partial charge in [0.05, 0.1) is 12.1 Å². The first-order valence-corrected chi connectivity index (χ1v) is 8.54. The highest BCUT2D eigenvalue weighted by Crippen LogP contribution is 2.37. The van der Waals surface area contributed by atoms with Crippen molar-refractivity contribution in [3.05, 3.63) is 22.7 Å². The normalized spacial score (nSPS) is 20.6. The van der Waals surface area contributed by atoms with Gasteiger partial charge in [-0.3, -0.25) is 9.69 Å². The molecule has 0 radical (unpaired) electrons. The van der Waals surface area contributed by atoms with Crippen LogP contribution in [0.4, 0.5) is 0 Å². The van der Waals surface area contributed by atoms with Crippen LogP contribution in [0.1, 0.15) is 25.3 Å². The first-order valence-electron chi connectivity index (χ1n) is 8.16. The molecular weight excluding hydrogens is 365 g/mol. The third-order valence-corrected chi connectivity index (χ3v) is 4.69. The van der Waals surface area contributed by atoms with Crippen LogP contribution < -0.4 is 20.9 Å². The lowest BCUT2D eigenvalue weighted by atomic mass is 9.92. The molecule has 2 rings (SSSR count). The van der Waals surface area contributed by atoms with Gasteiger partial charge >= 0.3 is 0 Å². The van der Waals surface area contributed by atoms with E-state index in [1.54, 1.807) is 0 Å². The quantitative estimate of drug-likeness (QED) is 0.743. The van der Waals surface area contributed by atoms with Crippen molar-refractivity contribution in [2.75, 3.05) is 26.8 Å². The van der Waals surface area contributed by atoms with Crippen molar-refractivity contribution >= 4 is 29.9 Å². The molecule has 0 saturated carbocycles. The molecule has 1 aliphatic heterocycles. The number of benzene rings is 1. The van der Waals surface area contributed by atoms with Gasteiger partial charge in [-0.25, -0.2) is 0 Å². The highest BCUT2D eigenvalue weighted by atomic mass is 35.5. The molecule has 142 valence electrons. The van der Waals surface area contributed by atoms with E-state index >= 15 is 0 Å². The molecule has 6 nitrogen and oxygen atoms in total. The van der Waals surface area contributed by atoms with Crippen LogP contribution in [-0.2, 0) is 11.3 Å². The number of carbonyl (C=O) groups is 1. The average Bonchev–Trinajstić information content (AvgIpc) is 2.54. The third kappa shape index (κ3) is 5.92. The van der Waals surface area contributed by atoms with Gasteiger partial charge in [0.2, 0.25) is 0 Å². The monoisotopic (exact) mass is 391 g/mol. The second-order valence-electron chi connectivity index (χ2n) is 6.35. The van der Waals surface area contributed by atoms with Crippen LogP contribution in [0.15, 0.2) is 12.1 Å². The van der Waals surface area contributed by atoms with Crippen molar-refractivity contribution in [1.29, 1.82) is 0 Å². The maximum atomic E-state index is 10.9. The Morgan fingerprint density at radius 2 is 2.16 bits per heavy atom. The summed E-state index contributed by atoms with van der Waals surface area (Å²) in [6.07, 6.45) is 2.28. The number of piperidine rings is 1. The van der Waals surface area contributed by atoms with Gasteiger partial charge in [0.25, 0.3) is 5.91 Å². The Morgan fingerprint density at radius 3 is 2.76 bits per heavy atom. The third-order valence-electron chi connectivity index (χ3n) is 4.41. The summed E-state index contributed by atoms with van der Waals surface area (Å²) in [4.78, 5) is 13.3. The van der Waals surface area contributed by atoms with Gasteiger partial charge in [-0.15, -0.1) is 12.4 Å². The molecule has 1 aromatic rings. The second-order valence-corrected chi connectivity index (χ2v) is 6.76. The van der Waals surface area contributed by atoms with Crippen LogP contribution in [0, 0.1) is 5.92 Å². The zero-order valence-electron chi connectivity index (χ0n) is 14.7. The number of primary amides is 1. The van der Waals surface area contributed by atoms with E-state index in [9.17, 15) is 4.79 Å². The molecule has 1 aliphatic rings. The van der Waals surface area contributed by atoms with E-state index in [4.69, 9.17) is 32.5 Å². The van der Waals surface area contributed by atoms with Crippen LogP contribution in [-0.4, -0.2) is 43.7 Å². The molecule has 1 aromatic carbocycles. The lowest BCUT2D eigenvalue weighted by Gasteiger charge is -2.38. The van der Waals surface area contributed by atoms with Crippen LogP contribution in [0.5, 0.6) is 11.5 Å². The number of methoxy groups -OCH3 is 1. The van der Waals surface area contributed by atoms with Gasteiger partial charge in [-0.05, 0) is 43.0 Å². The number of nitrogens with zero attached hydrogens (tertiary/aromatic N) is 1. The molecule has 0 aromatic heterocycles. The second kappa shape index (κ2) is 10.1. The molecule has 4 N–H and O–H groups in total. The predicted octanol–water partition coefficient (Wildman–Crippen LogP) is 2.19. The zero-order chi connectivity index (χ0) is 17.7. The average molecular weight is 392 g/mol. The largest absolute Gasteiger partial charge is 0.493 e. The molecule has 1 saturated heterocycles. The van der Waals surface area contributed by atoms with Crippen molar-refractivity contribution in [3.8, 4) is 11.5 Å². The summed E-state index contributed by atoms with van der Waals surface area (Å²) in [6, 6.07) is 4.10. The maximum absolute atomic E-state index is 10.9. The Balaban J connectivity index is 0.00000312. The summed E-state index contributed by atoms with van der Waals surface area (Å²) in [7, 11) is 1.54. The summed E-state index contributed by atoms with van der Waals surface area (Å²) in [5.41, 5.74) is 12.1. The lowest BCUT2D eigenvalue weighted by molar-refractivity contribution is -0.119. The molecule has 0 spiro atoms. The summed E-state index contributed by atoms with van der Waals surface area (Å²) in [6.45, 7) is 4.44. The molecule has 1 fully saturated rings. The zero-order valence-corrected chi connectivity index (χ0v) is 16.2. The van der Waals surface area contributed by atoms with Gasteiger partial charge in [0.15, 0.2) is 18.1 Å². The van der Waals surface area contributed by atoms with E-state index in [1.807, 2.05) is 12.1 Å². The fourth-order valence-electron chi connectivity index (χ4n) is 3.14. The highest BCUT2D eigenvalue weighted by Gasteiger charge is 2.25. The van der Waals surface area contributed by atoms with Gasteiger partial charge in [-0.1, -0.05) is 18.5 Å². The minimum absolute atomic E-state index is 0. The van der Waals surface area contributed by atoms with Gasteiger partial charge in [0.1, 0.15) is 0 Å². The molecule has 25 heavy (non-hydrogen) atoms. The Hall–Kier alpha value is -1.21.